The average molecular weight is 330 g/mol. The minimum absolute atomic E-state index is 0.0978. The van der Waals surface area contributed by atoms with Crippen molar-refractivity contribution in [3.05, 3.63) is 41.1 Å². The van der Waals surface area contributed by atoms with Crippen LogP contribution in [0.5, 0.6) is 0 Å². The van der Waals surface area contributed by atoms with Gasteiger partial charge in [0.15, 0.2) is 5.69 Å². The summed E-state index contributed by atoms with van der Waals surface area (Å²) in [6.07, 6.45) is 1.33. The second kappa shape index (κ2) is 5.95. The summed E-state index contributed by atoms with van der Waals surface area (Å²) in [5.41, 5.74) is 1.23. The minimum atomic E-state index is -1.01. The highest BCUT2D eigenvalue weighted by atomic mass is 16.5. The van der Waals surface area contributed by atoms with E-state index in [0.29, 0.717) is 24.6 Å². The van der Waals surface area contributed by atoms with Crippen molar-refractivity contribution in [2.45, 2.75) is 26.4 Å². The van der Waals surface area contributed by atoms with Crippen molar-refractivity contribution in [1.29, 1.82) is 0 Å². The molecule has 0 radical (unpaired) electrons. The number of carbonyl (C=O) groups excluding carboxylic acids is 1. The van der Waals surface area contributed by atoms with Gasteiger partial charge in [0.25, 0.3) is 0 Å². The zero-order valence-corrected chi connectivity index (χ0v) is 13.7. The van der Waals surface area contributed by atoms with Crippen molar-refractivity contribution >= 4 is 17.8 Å². The predicted molar refractivity (Wildman–Crippen MR) is 85.3 cm³/mol. The maximum Gasteiger partial charge on any atom is 0.358 e. The molecular formula is C16H18N4O4. The third-order valence-electron chi connectivity index (χ3n) is 4.15. The van der Waals surface area contributed by atoms with Crippen molar-refractivity contribution in [1.82, 2.24) is 14.5 Å². The van der Waals surface area contributed by atoms with Crippen LogP contribution in [0.3, 0.4) is 0 Å². The van der Waals surface area contributed by atoms with Gasteiger partial charge in [-0.15, -0.1) is 0 Å². The van der Waals surface area contributed by atoms with Crippen LogP contribution in [0.15, 0.2) is 18.3 Å². The maximum absolute atomic E-state index is 12.0. The number of nitrogens with zero attached hydrogens (tertiary/aromatic N) is 4. The van der Waals surface area contributed by atoms with Gasteiger partial charge in [-0.2, -0.15) is 0 Å². The first-order chi connectivity index (χ1) is 11.4. The van der Waals surface area contributed by atoms with Crippen LogP contribution in [0.4, 0.5) is 5.82 Å². The normalized spacial score (nSPS) is 16.6. The van der Waals surface area contributed by atoms with Gasteiger partial charge in [0.05, 0.1) is 24.9 Å². The number of carbonyl (C=O) groups is 2. The number of esters is 1. The number of aromatic nitrogens is 3. The van der Waals surface area contributed by atoms with Crippen LogP contribution in [0.25, 0.3) is 0 Å². The average Bonchev–Trinajstić information content (AvgIpc) is 2.91. The molecule has 3 heterocycles. The Hall–Kier alpha value is -2.90. The molecule has 0 aromatic carbocycles. The predicted octanol–water partition coefficient (Wildman–Crippen LogP) is 1.65. The van der Waals surface area contributed by atoms with Crippen molar-refractivity contribution in [3.8, 4) is 0 Å². The van der Waals surface area contributed by atoms with Crippen LogP contribution < -0.4 is 4.90 Å². The van der Waals surface area contributed by atoms with Crippen molar-refractivity contribution < 1.29 is 19.4 Å². The summed E-state index contributed by atoms with van der Waals surface area (Å²) in [5, 5.41) is 8.97. The van der Waals surface area contributed by atoms with Gasteiger partial charge >= 0.3 is 11.9 Å². The third-order valence-corrected chi connectivity index (χ3v) is 4.15. The summed E-state index contributed by atoms with van der Waals surface area (Å²) in [6, 6.07) is 3.29. The van der Waals surface area contributed by atoms with E-state index in [9.17, 15) is 9.59 Å². The Morgan fingerprint density at radius 2 is 2.12 bits per heavy atom. The van der Waals surface area contributed by atoms with E-state index in [1.54, 1.807) is 6.07 Å². The van der Waals surface area contributed by atoms with Gasteiger partial charge in [-0.25, -0.2) is 19.6 Å². The van der Waals surface area contributed by atoms with E-state index >= 15 is 0 Å². The van der Waals surface area contributed by atoms with Crippen LogP contribution >= 0.6 is 0 Å². The number of imidazole rings is 1. The number of ether oxygens (including phenoxy) is 1. The van der Waals surface area contributed by atoms with Gasteiger partial charge in [-0.3, -0.25) is 0 Å². The molecule has 24 heavy (non-hydrogen) atoms. The van der Waals surface area contributed by atoms with Crippen LogP contribution in [0.1, 0.15) is 45.3 Å². The fourth-order valence-corrected chi connectivity index (χ4v) is 3.11. The van der Waals surface area contributed by atoms with E-state index in [0.717, 1.165) is 11.5 Å². The van der Waals surface area contributed by atoms with Crippen LogP contribution in [-0.4, -0.2) is 45.2 Å². The summed E-state index contributed by atoms with van der Waals surface area (Å²) < 4.78 is 6.86. The molecule has 0 bridgehead atoms. The van der Waals surface area contributed by atoms with Gasteiger partial charge in [-0.05, 0) is 26.0 Å². The highest BCUT2D eigenvalue weighted by Crippen LogP contribution is 2.29. The fourth-order valence-electron chi connectivity index (χ4n) is 3.11. The van der Waals surface area contributed by atoms with Crippen LogP contribution in [0, 0.1) is 6.92 Å². The second-order valence-electron chi connectivity index (χ2n) is 5.76. The molecule has 2 aromatic heterocycles. The van der Waals surface area contributed by atoms with Gasteiger partial charge in [0.2, 0.25) is 0 Å². The third kappa shape index (κ3) is 2.60. The molecule has 1 N–H and O–H groups in total. The van der Waals surface area contributed by atoms with Gasteiger partial charge < -0.3 is 19.3 Å². The highest BCUT2D eigenvalue weighted by molar-refractivity contribution is 5.89. The molecule has 0 fully saturated rings. The summed E-state index contributed by atoms with van der Waals surface area (Å²) in [4.78, 5) is 33.5. The lowest BCUT2D eigenvalue weighted by Crippen LogP contribution is -2.37. The number of carboxylic acid groups (broad SMARTS) is 1. The number of anilines is 1. The molecule has 0 saturated heterocycles. The summed E-state index contributed by atoms with van der Waals surface area (Å²) in [7, 11) is 1.33. The Morgan fingerprint density at radius 1 is 1.38 bits per heavy atom. The van der Waals surface area contributed by atoms with Gasteiger partial charge in [0, 0.05) is 18.8 Å². The van der Waals surface area contributed by atoms with Crippen molar-refractivity contribution in [3.63, 3.8) is 0 Å². The Labute approximate surface area is 138 Å². The molecule has 0 amide bonds. The number of methoxy groups -OCH3 is 1. The van der Waals surface area contributed by atoms with E-state index in [2.05, 4.69) is 9.97 Å². The molecule has 126 valence electrons. The standard InChI is InChI=1S/C16H18N4O4/c1-9-7-19(13-5-4-11(6-17-13)15(21)22)8-12-14(16(23)24-3)18-10(2)20(9)12/h4-6,9H,7-8H2,1-3H3,(H,21,22)/t9-/m0/s1. The molecule has 1 aliphatic rings. The first kappa shape index (κ1) is 16.0. The van der Waals surface area contributed by atoms with E-state index in [1.807, 2.05) is 23.3 Å². The molecule has 0 unspecified atom stereocenters. The van der Waals surface area contributed by atoms with E-state index in [-0.39, 0.29) is 11.6 Å². The molecule has 8 heteroatoms. The van der Waals surface area contributed by atoms with Crippen LogP contribution in [-0.2, 0) is 11.3 Å². The molecule has 0 saturated carbocycles. The second-order valence-corrected chi connectivity index (χ2v) is 5.76. The lowest BCUT2D eigenvalue weighted by Gasteiger charge is -2.34. The quantitative estimate of drug-likeness (QED) is 0.855. The Kier molecular flexibility index (Phi) is 3.96. The minimum Gasteiger partial charge on any atom is -0.478 e. The van der Waals surface area contributed by atoms with E-state index in [1.165, 1.54) is 19.4 Å². The molecule has 0 aliphatic carbocycles. The Bertz CT molecular complexity index is 797. The largest absolute Gasteiger partial charge is 0.478 e. The molecule has 2 aromatic rings. The topological polar surface area (TPSA) is 97.6 Å². The molecule has 1 aliphatic heterocycles. The van der Waals surface area contributed by atoms with Gasteiger partial charge in [-0.1, -0.05) is 0 Å². The fraction of sp³-hybridized carbons (Fsp3) is 0.375. The number of aromatic carboxylic acids is 1. The summed E-state index contributed by atoms with van der Waals surface area (Å²) in [6.45, 7) is 5.04. The number of hydrogen-bond donors (Lipinski definition) is 1. The first-order valence-electron chi connectivity index (χ1n) is 7.52. The molecule has 1 atom stereocenters. The number of rotatable bonds is 3. The van der Waals surface area contributed by atoms with E-state index < -0.39 is 11.9 Å². The number of carboxylic acids is 1. The number of hydrogen-bond acceptors (Lipinski definition) is 6. The SMILES string of the molecule is COC(=O)c1nc(C)n2c1CN(c1ccc(C(=O)O)cn1)C[C@@H]2C. The number of fused-ring (bicyclic) bond motifs is 1. The molecule has 3 rings (SSSR count). The van der Waals surface area contributed by atoms with Crippen molar-refractivity contribution in [2.75, 3.05) is 18.6 Å². The zero-order valence-electron chi connectivity index (χ0n) is 13.7. The smallest absolute Gasteiger partial charge is 0.358 e. The number of aryl methyl sites for hydroxylation is 1. The van der Waals surface area contributed by atoms with E-state index in [4.69, 9.17) is 9.84 Å². The highest BCUT2D eigenvalue weighted by Gasteiger charge is 2.30. The Morgan fingerprint density at radius 3 is 2.71 bits per heavy atom. The van der Waals surface area contributed by atoms with Crippen molar-refractivity contribution in [2.24, 2.45) is 0 Å². The lowest BCUT2D eigenvalue weighted by atomic mass is 10.1. The van der Waals surface area contributed by atoms with Crippen LogP contribution in [0.2, 0.25) is 0 Å². The molecule has 0 spiro atoms. The van der Waals surface area contributed by atoms with Gasteiger partial charge in [0.1, 0.15) is 11.6 Å². The summed E-state index contributed by atoms with van der Waals surface area (Å²) in [5.74, 6) is -0.0441. The zero-order chi connectivity index (χ0) is 17.4. The molecular weight excluding hydrogens is 312 g/mol. The lowest BCUT2D eigenvalue weighted by molar-refractivity contribution is 0.0591. The molecule has 8 nitrogen and oxygen atoms in total. The first-order valence-corrected chi connectivity index (χ1v) is 7.52. The maximum atomic E-state index is 12.0. The monoisotopic (exact) mass is 330 g/mol. The number of pyridine rings is 1. The summed E-state index contributed by atoms with van der Waals surface area (Å²) >= 11 is 0. The Balaban J connectivity index is 1.96.